The number of hydrogen-bond acceptors (Lipinski definition) is 5. The summed E-state index contributed by atoms with van der Waals surface area (Å²) in [6.45, 7) is 0. The molecule has 0 atom stereocenters. The van der Waals surface area contributed by atoms with Crippen LogP contribution in [-0.2, 0) is 10.0 Å². The highest BCUT2D eigenvalue weighted by Gasteiger charge is 2.19. The molecule has 0 saturated heterocycles. The van der Waals surface area contributed by atoms with Gasteiger partial charge in [0.15, 0.2) is 11.6 Å². The summed E-state index contributed by atoms with van der Waals surface area (Å²) in [5.74, 6) is -0.755. The Morgan fingerprint density at radius 2 is 2.21 bits per heavy atom. The molecule has 4 N–H and O–H groups in total. The van der Waals surface area contributed by atoms with Crippen molar-refractivity contribution in [2.75, 3.05) is 17.6 Å². The Morgan fingerprint density at radius 1 is 1.47 bits per heavy atom. The fraction of sp³-hybridized carbons (Fsp3) is 0.100. The van der Waals surface area contributed by atoms with Crippen molar-refractivity contribution in [2.24, 2.45) is 0 Å². The van der Waals surface area contributed by atoms with Crippen LogP contribution >= 0.6 is 0 Å². The first-order valence-corrected chi connectivity index (χ1v) is 6.57. The molecule has 2 rings (SSSR count). The molecule has 1 heterocycles. The normalized spacial score (nSPS) is 11.3. The van der Waals surface area contributed by atoms with Crippen LogP contribution in [0.1, 0.15) is 0 Å². The second kappa shape index (κ2) is 4.76. The summed E-state index contributed by atoms with van der Waals surface area (Å²) >= 11 is 0. The van der Waals surface area contributed by atoms with E-state index in [9.17, 15) is 12.8 Å². The number of H-pyrrole nitrogens is 1. The molecule has 0 radical (unpaired) electrons. The predicted octanol–water partition coefficient (Wildman–Crippen LogP) is 0.940. The molecular weight excluding hydrogens is 275 g/mol. The summed E-state index contributed by atoms with van der Waals surface area (Å²) in [5.41, 5.74) is 5.48. The fourth-order valence-electron chi connectivity index (χ4n) is 1.44. The van der Waals surface area contributed by atoms with Crippen molar-refractivity contribution < 1.29 is 17.5 Å². The van der Waals surface area contributed by atoms with Crippen LogP contribution in [0.2, 0.25) is 0 Å². The van der Waals surface area contributed by atoms with E-state index >= 15 is 0 Å². The van der Waals surface area contributed by atoms with E-state index in [1.165, 1.54) is 19.2 Å². The number of nitrogen functional groups attached to an aromatic ring is 1. The summed E-state index contributed by atoms with van der Waals surface area (Å²) in [6.07, 6.45) is 1.07. The molecule has 2 aromatic rings. The molecule has 0 unspecified atom stereocenters. The lowest BCUT2D eigenvalue weighted by atomic mass is 10.3. The van der Waals surface area contributed by atoms with Gasteiger partial charge in [0, 0.05) is 6.07 Å². The van der Waals surface area contributed by atoms with Gasteiger partial charge in [-0.25, -0.2) is 12.8 Å². The van der Waals surface area contributed by atoms with Crippen molar-refractivity contribution in [1.82, 2.24) is 10.2 Å². The van der Waals surface area contributed by atoms with Crippen LogP contribution in [0.15, 0.2) is 29.3 Å². The molecule has 1 aromatic heterocycles. The average Bonchev–Trinajstić information content (AvgIpc) is 2.76. The topological polar surface area (TPSA) is 110 Å². The molecule has 1 aromatic carbocycles. The van der Waals surface area contributed by atoms with E-state index in [2.05, 4.69) is 14.9 Å². The molecule has 0 aliphatic heterocycles. The molecule has 0 spiro atoms. The van der Waals surface area contributed by atoms with Crippen molar-refractivity contribution >= 4 is 21.5 Å². The van der Waals surface area contributed by atoms with Gasteiger partial charge in [-0.2, -0.15) is 5.10 Å². The monoisotopic (exact) mass is 286 g/mol. The second-order valence-corrected chi connectivity index (χ2v) is 5.25. The molecule has 0 bridgehead atoms. The lowest BCUT2D eigenvalue weighted by molar-refractivity contribution is 0.386. The van der Waals surface area contributed by atoms with Crippen LogP contribution in [0, 0.1) is 5.82 Å². The number of anilines is 2. The first kappa shape index (κ1) is 13.1. The van der Waals surface area contributed by atoms with E-state index in [1.807, 2.05) is 0 Å². The standard InChI is InChI=1S/C10H11FN4O3S/c1-18-8-3-2-6(4-7(8)11)15-19(16,17)9-5-13-14-10(9)12/h2-5,15H,1H3,(H3,12,13,14). The van der Waals surface area contributed by atoms with Gasteiger partial charge < -0.3 is 10.5 Å². The van der Waals surface area contributed by atoms with Crippen LogP contribution in [0.25, 0.3) is 0 Å². The summed E-state index contributed by atoms with van der Waals surface area (Å²) in [6, 6.07) is 3.69. The zero-order chi connectivity index (χ0) is 14.0. The molecule has 0 saturated carbocycles. The Balaban J connectivity index is 2.31. The van der Waals surface area contributed by atoms with E-state index in [-0.39, 0.29) is 22.2 Å². The van der Waals surface area contributed by atoms with Gasteiger partial charge in [-0.05, 0) is 12.1 Å². The Kier molecular flexibility index (Phi) is 3.30. The van der Waals surface area contributed by atoms with Gasteiger partial charge in [-0.15, -0.1) is 0 Å². The number of sulfonamides is 1. The molecule has 0 fully saturated rings. The zero-order valence-corrected chi connectivity index (χ0v) is 10.7. The lowest BCUT2D eigenvalue weighted by Crippen LogP contribution is -2.14. The van der Waals surface area contributed by atoms with Crippen molar-refractivity contribution in [3.63, 3.8) is 0 Å². The number of hydrogen-bond donors (Lipinski definition) is 3. The SMILES string of the molecule is COc1ccc(NS(=O)(=O)c2cn[nH]c2N)cc1F. The van der Waals surface area contributed by atoms with Crippen molar-refractivity contribution in [1.29, 1.82) is 0 Å². The van der Waals surface area contributed by atoms with Gasteiger partial charge in [0.05, 0.1) is 19.0 Å². The van der Waals surface area contributed by atoms with Crippen molar-refractivity contribution in [3.8, 4) is 5.75 Å². The van der Waals surface area contributed by atoms with Crippen LogP contribution in [0.5, 0.6) is 5.75 Å². The number of aromatic nitrogens is 2. The number of aromatic amines is 1. The van der Waals surface area contributed by atoms with Crippen LogP contribution in [0.3, 0.4) is 0 Å². The molecule has 7 nitrogen and oxygen atoms in total. The molecule has 19 heavy (non-hydrogen) atoms. The van der Waals surface area contributed by atoms with Crippen LogP contribution in [-0.4, -0.2) is 25.7 Å². The largest absolute Gasteiger partial charge is 0.494 e. The quantitative estimate of drug-likeness (QED) is 0.774. The Hall–Kier alpha value is -2.29. The van der Waals surface area contributed by atoms with Gasteiger partial charge in [0.25, 0.3) is 10.0 Å². The van der Waals surface area contributed by atoms with E-state index in [1.54, 1.807) is 0 Å². The van der Waals surface area contributed by atoms with E-state index in [0.29, 0.717) is 0 Å². The lowest BCUT2D eigenvalue weighted by Gasteiger charge is -2.08. The van der Waals surface area contributed by atoms with E-state index in [4.69, 9.17) is 10.5 Å². The maximum Gasteiger partial charge on any atom is 0.267 e. The molecule has 0 aliphatic carbocycles. The van der Waals surface area contributed by atoms with Crippen molar-refractivity contribution in [3.05, 3.63) is 30.2 Å². The highest BCUT2D eigenvalue weighted by atomic mass is 32.2. The number of halogens is 1. The average molecular weight is 286 g/mol. The number of ether oxygens (including phenoxy) is 1. The summed E-state index contributed by atoms with van der Waals surface area (Å²) < 4.78 is 44.3. The minimum Gasteiger partial charge on any atom is -0.494 e. The Bertz CT molecular complexity index is 699. The first-order chi connectivity index (χ1) is 8.94. The minimum absolute atomic E-state index is 0.0192. The number of nitrogens with zero attached hydrogens (tertiary/aromatic N) is 1. The summed E-state index contributed by atoms with van der Waals surface area (Å²) in [7, 11) is -2.60. The number of nitrogens with one attached hydrogen (secondary N) is 2. The Labute approximate surface area is 108 Å². The van der Waals surface area contributed by atoms with Crippen LogP contribution < -0.4 is 15.2 Å². The number of benzene rings is 1. The molecule has 102 valence electrons. The molecule has 0 amide bonds. The molecule has 0 aliphatic rings. The predicted molar refractivity (Wildman–Crippen MR) is 66.8 cm³/mol. The summed E-state index contributed by atoms with van der Waals surface area (Å²) in [4.78, 5) is -0.205. The van der Waals surface area contributed by atoms with Gasteiger partial charge >= 0.3 is 0 Å². The van der Waals surface area contributed by atoms with Gasteiger partial charge in [-0.3, -0.25) is 9.82 Å². The number of rotatable bonds is 4. The van der Waals surface area contributed by atoms with Gasteiger partial charge in [0.1, 0.15) is 10.7 Å². The third kappa shape index (κ3) is 2.60. The second-order valence-electron chi connectivity index (χ2n) is 3.60. The molecular formula is C10H11FN4O3S. The highest BCUT2D eigenvalue weighted by Crippen LogP contribution is 2.23. The minimum atomic E-state index is -3.91. The van der Waals surface area contributed by atoms with E-state index in [0.717, 1.165) is 12.3 Å². The van der Waals surface area contributed by atoms with E-state index < -0.39 is 15.8 Å². The summed E-state index contributed by atoms with van der Waals surface area (Å²) in [5, 5.41) is 5.82. The fourth-order valence-corrected chi connectivity index (χ4v) is 2.51. The maximum absolute atomic E-state index is 13.4. The molecule has 9 heteroatoms. The number of methoxy groups -OCH3 is 1. The highest BCUT2D eigenvalue weighted by molar-refractivity contribution is 7.92. The smallest absolute Gasteiger partial charge is 0.267 e. The first-order valence-electron chi connectivity index (χ1n) is 5.09. The third-order valence-corrected chi connectivity index (χ3v) is 3.73. The number of nitrogens with two attached hydrogens (primary N) is 1. The van der Waals surface area contributed by atoms with Crippen LogP contribution in [0.4, 0.5) is 15.9 Å². The maximum atomic E-state index is 13.4. The zero-order valence-electron chi connectivity index (χ0n) is 9.84. The van der Waals surface area contributed by atoms with Gasteiger partial charge in [-0.1, -0.05) is 0 Å². The third-order valence-electron chi connectivity index (χ3n) is 2.33. The van der Waals surface area contributed by atoms with Crippen molar-refractivity contribution in [2.45, 2.75) is 4.90 Å². The van der Waals surface area contributed by atoms with Gasteiger partial charge in [0.2, 0.25) is 0 Å². The Morgan fingerprint density at radius 3 is 2.74 bits per heavy atom.